The van der Waals surface area contributed by atoms with Crippen molar-refractivity contribution >= 4 is 0 Å². The van der Waals surface area contributed by atoms with Gasteiger partial charge in [0.2, 0.25) is 0 Å². The molecule has 0 radical (unpaired) electrons. The Kier molecular flexibility index (Phi) is 5.39. The molecule has 0 aromatic heterocycles. The maximum Gasteiger partial charge on any atom is 0.123 e. The zero-order valence-corrected chi connectivity index (χ0v) is 13.8. The smallest absolute Gasteiger partial charge is 0.123 e. The molecule has 0 aliphatic heterocycles. The van der Waals surface area contributed by atoms with Gasteiger partial charge in [0, 0.05) is 19.1 Å². The van der Waals surface area contributed by atoms with Crippen LogP contribution in [-0.2, 0) is 6.54 Å². The van der Waals surface area contributed by atoms with E-state index in [4.69, 9.17) is 0 Å². The molecule has 3 heteroatoms. The van der Waals surface area contributed by atoms with E-state index in [2.05, 4.69) is 38.2 Å². The van der Waals surface area contributed by atoms with E-state index in [0.29, 0.717) is 17.4 Å². The molecule has 1 aliphatic carbocycles. The number of nitrogens with zero attached hydrogens (tertiary/aromatic N) is 1. The molecular weight excluding hydrogens is 263 g/mol. The summed E-state index contributed by atoms with van der Waals surface area (Å²) in [5, 5.41) is 3.54. The van der Waals surface area contributed by atoms with Crippen LogP contribution in [0.5, 0.6) is 0 Å². The van der Waals surface area contributed by atoms with Crippen LogP contribution in [0.3, 0.4) is 0 Å². The summed E-state index contributed by atoms with van der Waals surface area (Å²) in [6.07, 6.45) is 3.88. The third kappa shape index (κ3) is 4.27. The minimum absolute atomic E-state index is 0.146. The van der Waals surface area contributed by atoms with Crippen molar-refractivity contribution in [3.05, 3.63) is 35.6 Å². The van der Waals surface area contributed by atoms with Crippen molar-refractivity contribution in [2.75, 3.05) is 20.6 Å². The minimum Gasteiger partial charge on any atom is -0.316 e. The summed E-state index contributed by atoms with van der Waals surface area (Å²) in [5.41, 5.74) is 1.41. The van der Waals surface area contributed by atoms with Gasteiger partial charge in [-0.2, -0.15) is 0 Å². The highest BCUT2D eigenvalue weighted by Gasteiger charge is 2.38. The molecule has 2 unspecified atom stereocenters. The molecule has 0 saturated heterocycles. The van der Waals surface area contributed by atoms with Crippen molar-refractivity contribution < 1.29 is 4.39 Å². The summed E-state index contributed by atoms with van der Waals surface area (Å²) in [5.74, 6) is 0.519. The van der Waals surface area contributed by atoms with Gasteiger partial charge in [0.05, 0.1) is 0 Å². The van der Waals surface area contributed by atoms with Gasteiger partial charge in [0.15, 0.2) is 0 Å². The van der Waals surface area contributed by atoms with Crippen LogP contribution >= 0.6 is 0 Å². The van der Waals surface area contributed by atoms with Gasteiger partial charge in [-0.25, -0.2) is 4.39 Å². The van der Waals surface area contributed by atoms with Gasteiger partial charge in [0.1, 0.15) is 5.82 Å². The van der Waals surface area contributed by atoms with Gasteiger partial charge < -0.3 is 10.2 Å². The van der Waals surface area contributed by atoms with Crippen LogP contribution in [0.4, 0.5) is 4.39 Å². The average Bonchev–Trinajstić information content (AvgIpc) is 2.37. The molecule has 1 aliphatic rings. The van der Waals surface area contributed by atoms with Gasteiger partial charge in [-0.05, 0) is 56.0 Å². The highest BCUT2D eigenvalue weighted by atomic mass is 19.1. The van der Waals surface area contributed by atoms with Crippen LogP contribution in [0, 0.1) is 17.2 Å². The minimum atomic E-state index is -0.146. The van der Waals surface area contributed by atoms with Crippen LogP contribution < -0.4 is 5.32 Å². The predicted molar refractivity (Wildman–Crippen MR) is 86.7 cm³/mol. The summed E-state index contributed by atoms with van der Waals surface area (Å²) in [4.78, 5) is 2.32. The second-order valence-corrected chi connectivity index (χ2v) is 7.23. The number of nitrogens with one attached hydrogen (secondary N) is 1. The molecule has 2 rings (SSSR count). The lowest BCUT2D eigenvalue weighted by Crippen LogP contribution is -2.51. The summed E-state index contributed by atoms with van der Waals surface area (Å²) < 4.78 is 13.3. The maximum atomic E-state index is 13.3. The van der Waals surface area contributed by atoms with Crippen LogP contribution in [0.25, 0.3) is 0 Å². The fraction of sp³-hybridized carbons (Fsp3) is 0.667. The summed E-state index contributed by atoms with van der Waals surface area (Å²) in [6, 6.07) is 7.49. The largest absolute Gasteiger partial charge is 0.316 e. The molecule has 118 valence electrons. The molecule has 21 heavy (non-hydrogen) atoms. The van der Waals surface area contributed by atoms with E-state index in [1.165, 1.54) is 25.3 Å². The molecule has 1 saturated carbocycles. The second-order valence-electron chi connectivity index (χ2n) is 7.23. The van der Waals surface area contributed by atoms with Crippen molar-refractivity contribution in [1.29, 1.82) is 0 Å². The summed E-state index contributed by atoms with van der Waals surface area (Å²) in [7, 11) is 4.22. The van der Waals surface area contributed by atoms with Gasteiger partial charge >= 0.3 is 0 Å². The van der Waals surface area contributed by atoms with Crippen molar-refractivity contribution in [2.24, 2.45) is 11.3 Å². The fourth-order valence-corrected chi connectivity index (χ4v) is 4.02. The number of hydrogen-bond acceptors (Lipinski definition) is 2. The standard InChI is InChI=1S/C18H29FN2/c1-18(2)10-6-8-15(17(18)20-3)13-21(4)12-14-7-5-9-16(19)11-14/h5,7,9,11,15,17,20H,6,8,10,12-13H2,1-4H3. The fourth-order valence-electron chi connectivity index (χ4n) is 4.02. The average molecular weight is 292 g/mol. The number of benzene rings is 1. The van der Waals surface area contributed by atoms with Crippen molar-refractivity contribution in [1.82, 2.24) is 10.2 Å². The normalized spacial score (nSPS) is 25.2. The zero-order valence-electron chi connectivity index (χ0n) is 13.8. The molecule has 0 spiro atoms. The lowest BCUT2D eigenvalue weighted by atomic mass is 9.68. The molecule has 0 bridgehead atoms. The van der Waals surface area contributed by atoms with E-state index >= 15 is 0 Å². The van der Waals surface area contributed by atoms with Gasteiger partial charge in [-0.3, -0.25) is 0 Å². The first-order chi connectivity index (χ1) is 9.92. The van der Waals surface area contributed by atoms with Gasteiger partial charge in [-0.15, -0.1) is 0 Å². The van der Waals surface area contributed by atoms with Crippen molar-refractivity contribution in [3.8, 4) is 0 Å². The first-order valence-electron chi connectivity index (χ1n) is 8.02. The Morgan fingerprint density at radius 2 is 2.14 bits per heavy atom. The molecule has 2 atom stereocenters. The second kappa shape index (κ2) is 6.89. The van der Waals surface area contributed by atoms with E-state index in [0.717, 1.165) is 18.7 Å². The Balaban J connectivity index is 1.96. The van der Waals surface area contributed by atoms with E-state index in [-0.39, 0.29) is 5.82 Å². The van der Waals surface area contributed by atoms with E-state index in [1.54, 1.807) is 12.1 Å². The van der Waals surface area contributed by atoms with Gasteiger partial charge in [-0.1, -0.05) is 32.4 Å². The molecule has 0 amide bonds. The topological polar surface area (TPSA) is 15.3 Å². The molecular formula is C18H29FN2. The molecule has 1 aromatic carbocycles. The quantitative estimate of drug-likeness (QED) is 0.891. The number of rotatable bonds is 5. The van der Waals surface area contributed by atoms with E-state index in [9.17, 15) is 4.39 Å². The monoisotopic (exact) mass is 292 g/mol. The SMILES string of the molecule is CNC1C(CN(C)Cc2cccc(F)c2)CCCC1(C)C. The summed E-state index contributed by atoms with van der Waals surface area (Å²) >= 11 is 0. The van der Waals surface area contributed by atoms with Crippen molar-refractivity contribution in [3.63, 3.8) is 0 Å². The number of hydrogen-bond donors (Lipinski definition) is 1. The Hall–Kier alpha value is -0.930. The maximum absolute atomic E-state index is 13.3. The Morgan fingerprint density at radius 3 is 2.81 bits per heavy atom. The highest BCUT2D eigenvalue weighted by Crippen LogP contribution is 2.39. The third-order valence-electron chi connectivity index (χ3n) is 4.91. The first-order valence-corrected chi connectivity index (χ1v) is 8.02. The lowest BCUT2D eigenvalue weighted by molar-refractivity contribution is 0.0888. The van der Waals surface area contributed by atoms with Crippen LogP contribution in [0.1, 0.15) is 38.7 Å². The lowest BCUT2D eigenvalue weighted by Gasteiger charge is -2.45. The molecule has 1 aromatic rings. The number of halogens is 1. The molecule has 1 fully saturated rings. The highest BCUT2D eigenvalue weighted by molar-refractivity contribution is 5.16. The molecule has 1 N–H and O–H groups in total. The van der Waals surface area contributed by atoms with Crippen LogP contribution in [-0.4, -0.2) is 31.6 Å². The van der Waals surface area contributed by atoms with Gasteiger partial charge in [0.25, 0.3) is 0 Å². The third-order valence-corrected chi connectivity index (χ3v) is 4.91. The molecule has 0 heterocycles. The van der Waals surface area contributed by atoms with Crippen LogP contribution in [0.15, 0.2) is 24.3 Å². The van der Waals surface area contributed by atoms with Crippen molar-refractivity contribution in [2.45, 2.75) is 45.7 Å². The summed E-state index contributed by atoms with van der Waals surface area (Å²) in [6.45, 7) is 6.61. The molecule has 2 nitrogen and oxygen atoms in total. The predicted octanol–water partition coefficient (Wildman–Crippen LogP) is 3.67. The van der Waals surface area contributed by atoms with E-state index in [1.807, 2.05) is 6.07 Å². The first kappa shape index (κ1) is 16.4. The van der Waals surface area contributed by atoms with E-state index < -0.39 is 0 Å². The van der Waals surface area contributed by atoms with Crippen LogP contribution in [0.2, 0.25) is 0 Å². The Morgan fingerprint density at radius 1 is 1.38 bits per heavy atom. The zero-order chi connectivity index (χ0) is 15.5. The Labute approximate surface area is 128 Å². The Bertz CT molecular complexity index is 458.